The molecule has 1 aromatic carbocycles. The van der Waals surface area contributed by atoms with Crippen LogP contribution in [0.1, 0.15) is 19.3 Å². The second-order valence-corrected chi connectivity index (χ2v) is 6.15. The zero-order valence-corrected chi connectivity index (χ0v) is 14.8. The van der Waals surface area contributed by atoms with E-state index in [-0.39, 0.29) is 17.6 Å². The molecule has 2 rings (SSSR count). The number of halogens is 1. The van der Waals surface area contributed by atoms with E-state index in [1.807, 2.05) is 11.9 Å². The Labute approximate surface area is 148 Å². The van der Waals surface area contributed by atoms with Crippen molar-refractivity contribution in [2.75, 3.05) is 51.2 Å². The Morgan fingerprint density at radius 3 is 2.36 bits per heavy atom. The summed E-state index contributed by atoms with van der Waals surface area (Å²) in [6.07, 6.45) is 1.60. The fraction of sp³-hybridized carbons (Fsp3) is 0.556. The van der Waals surface area contributed by atoms with Gasteiger partial charge in [0.1, 0.15) is 5.82 Å². The lowest BCUT2D eigenvalue weighted by Gasteiger charge is -2.36. The standard InChI is InChI=1S/C18H27FN4O2/c1-20-9-2-3-17(24)21-10-8-18(25)23-13-11-22(12-14-23)16-6-4-15(19)5-7-16/h4-7,20H,2-3,8-14H2,1H3,(H,21,24). The summed E-state index contributed by atoms with van der Waals surface area (Å²) in [5, 5.41) is 5.79. The third-order valence-corrected chi connectivity index (χ3v) is 4.32. The zero-order valence-electron chi connectivity index (χ0n) is 14.8. The van der Waals surface area contributed by atoms with Gasteiger partial charge >= 0.3 is 0 Å². The van der Waals surface area contributed by atoms with Gasteiger partial charge in [-0.2, -0.15) is 0 Å². The molecular formula is C18H27FN4O2. The van der Waals surface area contributed by atoms with E-state index in [1.165, 1.54) is 12.1 Å². The van der Waals surface area contributed by atoms with Crippen LogP contribution < -0.4 is 15.5 Å². The smallest absolute Gasteiger partial charge is 0.224 e. The molecule has 2 N–H and O–H groups in total. The van der Waals surface area contributed by atoms with Gasteiger partial charge in [-0.05, 0) is 44.3 Å². The van der Waals surface area contributed by atoms with Gasteiger partial charge in [0, 0.05) is 51.3 Å². The van der Waals surface area contributed by atoms with Crippen molar-refractivity contribution in [1.82, 2.24) is 15.5 Å². The summed E-state index contributed by atoms with van der Waals surface area (Å²) in [6, 6.07) is 6.42. The molecule has 138 valence electrons. The van der Waals surface area contributed by atoms with Crippen LogP contribution in [-0.4, -0.2) is 63.0 Å². The second kappa shape index (κ2) is 9.98. The van der Waals surface area contributed by atoms with Crippen LogP contribution in [0.25, 0.3) is 0 Å². The number of nitrogens with one attached hydrogen (secondary N) is 2. The quantitative estimate of drug-likeness (QED) is 0.686. The van der Waals surface area contributed by atoms with E-state index in [2.05, 4.69) is 15.5 Å². The van der Waals surface area contributed by atoms with Crippen molar-refractivity contribution in [2.24, 2.45) is 0 Å². The number of piperazine rings is 1. The molecule has 0 bridgehead atoms. The molecule has 7 heteroatoms. The first-order valence-corrected chi connectivity index (χ1v) is 8.79. The molecule has 0 unspecified atom stereocenters. The maximum Gasteiger partial charge on any atom is 0.224 e. The fourth-order valence-corrected chi connectivity index (χ4v) is 2.85. The van der Waals surface area contributed by atoms with Crippen molar-refractivity contribution in [3.63, 3.8) is 0 Å². The third-order valence-electron chi connectivity index (χ3n) is 4.32. The van der Waals surface area contributed by atoms with Crippen LogP contribution in [0.4, 0.5) is 10.1 Å². The molecule has 6 nitrogen and oxygen atoms in total. The number of amides is 2. The minimum absolute atomic E-state index is 0.0100. The predicted molar refractivity (Wildman–Crippen MR) is 96.0 cm³/mol. The van der Waals surface area contributed by atoms with E-state index < -0.39 is 0 Å². The van der Waals surface area contributed by atoms with E-state index in [0.29, 0.717) is 32.5 Å². The van der Waals surface area contributed by atoms with Gasteiger partial charge in [-0.3, -0.25) is 9.59 Å². The molecule has 0 aromatic heterocycles. The maximum atomic E-state index is 13.0. The van der Waals surface area contributed by atoms with Gasteiger partial charge in [0.2, 0.25) is 11.8 Å². The Bertz CT molecular complexity index is 557. The topological polar surface area (TPSA) is 64.7 Å². The molecule has 1 aliphatic rings. The number of rotatable bonds is 8. The second-order valence-electron chi connectivity index (χ2n) is 6.15. The molecule has 0 radical (unpaired) electrons. The van der Waals surface area contributed by atoms with Crippen LogP contribution in [0, 0.1) is 5.82 Å². The van der Waals surface area contributed by atoms with Gasteiger partial charge in [0.15, 0.2) is 0 Å². The third kappa shape index (κ3) is 6.34. The summed E-state index contributed by atoms with van der Waals surface area (Å²) in [5.74, 6) is -0.191. The Balaban J connectivity index is 1.65. The molecular weight excluding hydrogens is 323 g/mol. The van der Waals surface area contributed by atoms with Crippen molar-refractivity contribution in [3.8, 4) is 0 Å². The van der Waals surface area contributed by atoms with Gasteiger partial charge in [-0.25, -0.2) is 4.39 Å². The molecule has 1 saturated heterocycles. The Morgan fingerprint density at radius 1 is 1.04 bits per heavy atom. The molecule has 1 fully saturated rings. The Hall–Kier alpha value is -2.15. The van der Waals surface area contributed by atoms with Crippen molar-refractivity contribution >= 4 is 17.5 Å². The Kier molecular flexibility index (Phi) is 7.66. The van der Waals surface area contributed by atoms with Gasteiger partial charge in [0.05, 0.1) is 0 Å². The normalized spacial score (nSPS) is 14.5. The first-order chi connectivity index (χ1) is 12.1. The molecule has 0 saturated carbocycles. The summed E-state index contributed by atoms with van der Waals surface area (Å²) in [4.78, 5) is 27.8. The van der Waals surface area contributed by atoms with Crippen LogP contribution >= 0.6 is 0 Å². The number of benzene rings is 1. The van der Waals surface area contributed by atoms with E-state index in [1.54, 1.807) is 12.1 Å². The Morgan fingerprint density at radius 2 is 1.72 bits per heavy atom. The highest BCUT2D eigenvalue weighted by molar-refractivity contribution is 5.79. The average molecular weight is 350 g/mol. The summed E-state index contributed by atoms with van der Waals surface area (Å²) < 4.78 is 13.0. The van der Waals surface area contributed by atoms with Gasteiger partial charge in [-0.1, -0.05) is 0 Å². The highest BCUT2D eigenvalue weighted by atomic mass is 19.1. The first-order valence-electron chi connectivity index (χ1n) is 8.79. The lowest BCUT2D eigenvalue weighted by Crippen LogP contribution is -2.49. The highest BCUT2D eigenvalue weighted by Crippen LogP contribution is 2.17. The lowest BCUT2D eigenvalue weighted by atomic mass is 10.2. The molecule has 1 aliphatic heterocycles. The summed E-state index contributed by atoms with van der Waals surface area (Å²) in [7, 11) is 1.85. The molecule has 1 heterocycles. The van der Waals surface area contributed by atoms with E-state index >= 15 is 0 Å². The van der Waals surface area contributed by atoms with Gasteiger partial charge in [0.25, 0.3) is 0 Å². The average Bonchev–Trinajstić information content (AvgIpc) is 2.63. The fourth-order valence-electron chi connectivity index (χ4n) is 2.85. The summed E-state index contributed by atoms with van der Waals surface area (Å²) >= 11 is 0. The van der Waals surface area contributed by atoms with Crippen molar-refractivity contribution in [2.45, 2.75) is 19.3 Å². The lowest BCUT2D eigenvalue weighted by molar-refractivity contribution is -0.131. The number of carbonyl (C=O) groups excluding carboxylic acids is 2. The molecule has 2 amide bonds. The van der Waals surface area contributed by atoms with Crippen molar-refractivity contribution < 1.29 is 14.0 Å². The minimum atomic E-state index is -0.245. The zero-order chi connectivity index (χ0) is 18.1. The number of hydrogen-bond acceptors (Lipinski definition) is 4. The number of hydrogen-bond donors (Lipinski definition) is 2. The van der Waals surface area contributed by atoms with Crippen molar-refractivity contribution in [3.05, 3.63) is 30.1 Å². The van der Waals surface area contributed by atoms with Crippen molar-refractivity contribution in [1.29, 1.82) is 0 Å². The van der Waals surface area contributed by atoms with Crippen LogP contribution in [0.15, 0.2) is 24.3 Å². The molecule has 1 aromatic rings. The van der Waals surface area contributed by atoms with Crippen LogP contribution in [0.3, 0.4) is 0 Å². The summed E-state index contributed by atoms with van der Waals surface area (Å²) in [6.45, 7) is 3.94. The number of carbonyl (C=O) groups is 2. The summed E-state index contributed by atoms with van der Waals surface area (Å²) in [5.41, 5.74) is 0.974. The molecule has 0 spiro atoms. The van der Waals surface area contributed by atoms with Crippen LogP contribution in [0.2, 0.25) is 0 Å². The monoisotopic (exact) mass is 350 g/mol. The molecule has 25 heavy (non-hydrogen) atoms. The maximum absolute atomic E-state index is 13.0. The predicted octanol–water partition coefficient (Wildman–Crippen LogP) is 0.980. The van der Waals surface area contributed by atoms with Gasteiger partial charge in [-0.15, -0.1) is 0 Å². The van der Waals surface area contributed by atoms with E-state index in [4.69, 9.17) is 0 Å². The van der Waals surface area contributed by atoms with E-state index in [9.17, 15) is 14.0 Å². The first kappa shape index (κ1) is 19.2. The van der Waals surface area contributed by atoms with E-state index in [0.717, 1.165) is 31.7 Å². The van der Waals surface area contributed by atoms with Crippen LogP contribution in [0.5, 0.6) is 0 Å². The SMILES string of the molecule is CNCCCC(=O)NCCC(=O)N1CCN(c2ccc(F)cc2)CC1. The largest absolute Gasteiger partial charge is 0.368 e. The number of nitrogens with zero attached hydrogens (tertiary/aromatic N) is 2. The highest BCUT2D eigenvalue weighted by Gasteiger charge is 2.21. The molecule has 0 atom stereocenters. The van der Waals surface area contributed by atoms with Gasteiger partial charge < -0.3 is 20.4 Å². The number of anilines is 1. The molecule has 0 aliphatic carbocycles. The van der Waals surface area contributed by atoms with Crippen LogP contribution in [-0.2, 0) is 9.59 Å². The minimum Gasteiger partial charge on any atom is -0.368 e.